The number of hydrogen-bond donors (Lipinski definition) is 1. The minimum Gasteiger partial charge on any atom is -0.493 e. The standard InChI is InChI=1S/C12H12N2O5/c1-18-9-5-8-10(7(6-15)3-4-13-8)11(14(16)17)12(9)19-2/h3-5,15H,6H2,1-2H3. The summed E-state index contributed by atoms with van der Waals surface area (Å²) in [5.41, 5.74) is 0.530. The van der Waals surface area contributed by atoms with Gasteiger partial charge in [-0.15, -0.1) is 0 Å². The fourth-order valence-corrected chi connectivity index (χ4v) is 1.98. The second kappa shape index (κ2) is 5.07. The van der Waals surface area contributed by atoms with Crippen molar-refractivity contribution in [1.29, 1.82) is 0 Å². The van der Waals surface area contributed by atoms with Gasteiger partial charge in [-0.2, -0.15) is 0 Å². The number of rotatable bonds is 4. The molecular formula is C12H12N2O5. The number of nitro benzene ring substituents is 1. The first-order valence-electron chi connectivity index (χ1n) is 5.41. The van der Waals surface area contributed by atoms with E-state index in [4.69, 9.17) is 9.47 Å². The Bertz CT molecular complexity index is 642. The predicted octanol–water partition coefficient (Wildman–Crippen LogP) is 1.65. The Morgan fingerprint density at radius 1 is 1.42 bits per heavy atom. The molecule has 1 N–H and O–H groups in total. The van der Waals surface area contributed by atoms with Crippen molar-refractivity contribution in [3.63, 3.8) is 0 Å². The first-order valence-corrected chi connectivity index (χ1v) is 5.41. The van der Waals surface area contributed by atoms with E-state index in [1.165, 1.54) is 26.5 Å². The van der Waals surface area contributed by atoms with Crippen molar-refractivity contribution in [1.82, 2.24) is 4.98 Å². The van der Waals surface area contributed by atoms with Gasteiger partial charge in [-0.25, -0.2) is 0 Å². The Kier molecular flexibility index (Phi) is 3.48. The van der Waals surface area contributed by atoms with Gasteiger partial charge in [0.2, 0.25) is 5.75 Å². The molecule has 0 saturated heterocycles. The average molecular weight is 264 g/mol. The second-order valence-corrected chi connectivity index (χ2v) is 3.74. The zero-order valence-electron chi connectivity index (χ0n) is 10.4. The lowest BCUT2D eigenvalue weighted by Gasteiger charge is -2.11. The zero-order chi connectivity index (χ0) is 14.0. The van der Waals surface area contributed by atoms with Crippen LogP contribution in [0.1, 0.15) is 5.56 Å². The van der Waals surface area contributed by atoms with Gasteiger partial charge < -0.3 is 14.6 Å². The molecule has 0 aliphatic rings. The fraction of sp³-hybridized carbons (Fsp3) is 0.250. The molecule has 100 valence electrons. The normalized spacial score (nSPS) is 10.5. The molecule has 0 aliphatic carbocycles. The lowest BCUT2D eigenvalue weighted by atomic mass is 10.1. The summed E-state index contributed by atoms with van der Waals surface area (Å²) >= 11 is 0. The summed E-state index contributed by atoms with van der Waals surface area (Å²) in [5.74, 6) is 0.243. The van der Waals surface area contributed by atoms with Gasteiger partial charge >= 0.3 is 5.69 Å². The van der Waals surface area contributed by atoms with E-state index >= 15 is 0 Å². The monoisotopic (exact) mass is 264 g/mol. The third-order valence-corrected chi connectivity index (χ3v) is 2.79. The quantitative estimate of drug-likeness (QED) is 0.666. The van der Waals surface area contributed by atoms with E-state index in [0.29, 0.717) is 11.1 Å². The summed E-state index contributed by atoms with van der Waals surface area (Å²) in [4.78, 5) is 14.8. The third kappa shape index (κ3) is 2.04. The molecule has 1 heterocycles. The summed E-state index contributed by atoms with van der Waals surface area (Å²) in [6.07, 6.45) is 1.48. The Morgan fingerprint density at radius 2 is 2.16 bits per heavy atom. The summed E-state index contributed by atoms with van der Waals surface area (Å²) in [7, 11) is 2.72. The minimum absolute atomic E-state index is 0.0164. The molecular weight excluding hydrogens is 252 g/mol. The number of aliphatic hydroxyl groups excluding tert-OH is 1. The number of pyridine rings is 1. The highest BCUT2D eigenvalue weighted by Crippen LogP contribution is 2.43. The molecule has 2 rings (SSSR count). The van der Waals surface area contributed by atoms with Gasteiger partial charge in [-0.05, 0) is 11.6 Å². The van der Waals surface area contributed by atoms with Crippen molar-refractivity contribution in [3.8, 4) is 11.5 Å². The Balaban J connectivity index is 2.98. The van der Waals surface area contributed by atoms with Crippen LogP contribution in [-0.2, 0) is 6.61 Å². The minimum atomic E-state index is -0.565. The second-order valence-electron chi connectivity index (χ2n) is 3.74. The molecule has 0 radical (unpaired) electrons. The van der Waals surface area contributed by atoms with Crippen molar-refractivity contribution in [2.45, 2.75) is 6.61 Å². The molecule has 1 aromatic heterocycles. The van der Waals surface area contributed by atoms with Crippen LogP contribution in [0.15, 0.2) is 18.3 Å². The van der Waals surface area contributed by atoms with E-state index in [-0.39, 0.29) is 29.2 Å². The van der Waals surface area contributed by atoms with E-state index in [9.17, 15) is 15.2 Å². The fourth-order valence-electron chi connectivity index (χ4n) is 1.98. The van der Waals surface area contributed by atoms with Gasteiger partial charge in [0.05, 0.1) is 36.7 Å². The van der Waals surface area contributed by atoms with Gasteiger partial charge in [-0.1, -0.05) is 0 Å². The molecule has 1 aromatic carbocycles. The van der Waals surface area contributed by atoms with Crippen molar-refractivity contribution in [2.24, 2.45) is 0 Å². The molecule has 0 saturated carbocycles. The van der Waals surface area contributed by atoms with Crippen LogP contribution < -0.4 is 9.47 Å². The number of hydrogen-bond acceptors (Lipinski definition) is 6. The number of nitro groups is 1. The third-order valence-electron chi connectivity index (χ3n) is 2.79. The molecule has 0 spiro atoms. The summed E-state index contributed by atoms with van der Waals surface area (Å²) in [5, 5.41) is 20.9. The van der Waals surface area contributed by atoms with Crippen LogP contribution in [0.4, 0.5) is 5.69 Å². The number of nitrogens with zero attached hydrogens (tertiary/aromatic N) is 2. The summed E-state index contributed by atoms with van der Waals surface area (Å²) in [6.45, 7) is -0.324. The molecule has 0 unspecified atom stereocenters. The SMILES string of the molecule is COc1cc2nccc(CO)c2c([N+](=O)[O-])c1OC. The van der Waals surface area contributed by atoms with E-state index < -0.39 is 4.92 Å². The van der Waals surface area contributed by atoms with Crippen molar-refractivity contribution >= 4 is 16.6 Å². The van der Waals surface area contributed by atoms with Crippen molar-refractivity contribution in [2.75, 3.05) is 14.2 Å². The highest BCUT2D eigenvalue weighted by atomic mass is 16.6. The molecule has 7 heteroatoms. The maximum absolute atomic E-state index is 11.3. The van der Waals surface area contributed by atoms with Gasteiger partial charge in [0, 0.05) is 12.3 Å². The summed E-state index contributed by atoms with van der Waals surface area (Å²) < 4.78 is 10.1. The van der Waals surface area contributed by atoms with Crippen LogP contribution in [0.3, 0.4) is 0 Å². The molecule has 0 atom stereocenters. The van der Waals surface area contributed by atoms with Gasteiger partial charge in [0.1, 0.15) is 0 Å². The van der Waals surface area contributed by atoms with Crippen LogP contribution in [0, 0.1) is 10.1 Å². The van der Waals surface area contributed by atoms with E-state index in [1.807, 2.05) is 0 Å². The number of methoxy groups -OCH3 is 2. The molecule has 19 heavy (non-hydrogen) atoms. The predicted molar refractivity (Wildman–Crippen MR) is 67.4 cm³/mol. The topological polar surface area (TPSA) is 94.7 Å². The van der Waals surface area contributed by atoms with Gasteiger partial charge in [0.15, 0.2) is 5.75 Å². The maximum Gasteiger partial charge on any atom is 0.324 e. The highest BCUT2D eigenvalue weighted by molar-refractivity contribution is 5.95. The summed E-state index contributed by atoms with van der Waals surface area (Å²) in [6, 6.07) is 3.07. The van der Waals surface area contributed by atoms with Crippen LogP contribution in [0.2, 0.25) is 0 Å². The average Bonchev–Trinajstić information content (AvgIpc) is 2.43. The smallest absolute Gasteiger partial charge is 0.324 e. The molecule has 0 fully saturated rings. The van der Waals surface area contributed by atoms with E-state index in [0.717, 1.165) is 0 Å². The number of aliphatic hydroxyl groups is 1. The molecule has 7 nitrogen and oxygen atoms in total. The zero-order valence-corrected chi connectivity index (χ0v) is 10.4. The van der Waals surface area contributed by atoms with Crippen LogP contribution in [-0.4, -0.2) is 29.2 Å². The largest absolute Gasteiger partial charge is 0.493 e. The first-order chi connectivity index (χ1) is 9.13. The van der Waals surface area contributed by atoms with E-state index in [2.05, 4.69) is 4.98 Å². The number of benzene rings is 1. The lowest BCUT2D eigenvalue weighted by molar-refractivity contribution is -0.384. The Hall–Kier alpha value is -2.41. The van der Waals surface area contributed by atoms with Crippen LogP contribution >= 0.6 is 0 Å². The van der Waals surface area contributed by atoms with E-state index in [1.54, 1.807) is 6.07 Å². The molecule has 0 bridgehead atoms. The van der Waals surface area contributed by atoms with Crippen molar-refractivity contribution < 1.29 is 19.5 Å². The van der Waals surface area contributed by atoms with Crippen molar-refractivity contribution in [3.05, 3.63) is 34.0 Å². The highest BCUT2D eigenvalue weighted by Gasteiger charge is 2.26. The van der Waals surface area contributed by atoms with Crippen LogP contribution in [0.25, 0.3) is 10.9 Å². The Morgan fingerprint density at radius 3 is 2.68 bits per heavy atom. The number of fused-ring (bicyclic) bond motifs is 1. The van der Waals surface area contributed by atoms with Gasteiger partial charge in [0.25, 0.3) is 0 Å². The maximum atomic E-state index is 11.3. The lowest BCUT2D eigenvalue weighted by Crippen LogP contribution is -2.01. The molecule has 0 aliphatic heterocycles. The number of aromatic nitrogens is 1. The first kappa shape index (κ1) is 13.0. The van der Waals surface area contributed by atoms with Gasteiger partial charge in [-0.3, -0.25) is 15.1 Å². The Labute approximate surface area is 108 Å². The molecule has 0 amide bonds. The molecule has 2 aromatic rings. The number of ether oxygens (including phenoxy) is 2. The van der Waals surface area contributed by atoms with Crippen LogP contribution in [0.5, 0.6) is 11.5 Å².